The van der Waals surface area contributed by atoms with Crippen molar-refractivity contribution in [2.75, 3.05) is 39.8 Å². The van der Waals surface area contributed by atoms with Crippen molar-refractivity contribution in [3.63, 3.8) is 0 Å². The van der Waals surface area contributed by atoms with E-state index >= 15 is 0 Å². The normalized spacial score (nSPS) is 27.4. The van der Waals surface area contributed by atoms with Crippen LogP contribution in [0.5, 0.6) is 0 Å². The van der Waals surface area contributed by atoms with Gasteiger partial charge in [-0.1, -0.05) is 0 Å². The summed E-state index contributed by atoms with van der Waals surface area (Å²) in [7, 11) is 2.09. The van der Waals surface area contributed by atoms with Gasteiger partial charge in [0, 0.05) is 26.2 Å². The van der Waals surface area contributed by atoms with E-state index in [2.05, 4.69) is 17.3 Å². The average molecular weight is 169 g/mol. The maximum atomic E-state index is 11.4. The Morgan fingerprint density at radius 1 is 1.50 bits per heavy atom. The second kappa shape index (κ2) is 3.03. The van der Waals surface area contributed by atoms with Gasteiger partial charge >= 0.3 is 0 Å². The third-order valence-electron chi connectivity index (χ3n) is 2.61. The van der Waals surface area contributed by atoms with Gasteiger partial charge < -0.3 is 15.1 Å². The van der Waals surface area contributed by atoms with E-state index in [-0.39, 0.29) is 5.91 Å². The van der Waals surface area contributed by atoms with Crippen LogP contribution in [-0.4, -0.2) is 61.5 Å². The zero-order chi connectivity index (χ0) is 8.55. The average Bonchev–Trinajstić information content (AvgIpc) is 2.01. The first-order chi connectivity index (χ1) is 5.77. The van der Waals surface area contributed by atoms with Crippen LogP contribution in [0, 0.1) is 0 Å². The number of rotatable bonds is 1. The number of nitrogens with zero attached hydrogens (tertiary/aromatic N) is 2. The van der Waals surface area contributed by atoms with Gasteiger partial charge in [-0.2, -0.15) is 0 Å². The number of hydrogen-bond donors (Lipinski definition) is 1. The second-order valence-corrected chi connectivity index (χ2v) is 3.64. The van der Waals surface area contributed by atoms with Crippen molar-refractivity contribution in [1.82, 2.24) is 15.1 Å². The molecule has 2 fully saturated rings. The molecule has 0 unspecified atom stereocenters. The molecule has 0 aromatic heterocycles. The predicted molar refractivity (Wildman–Crippen MR) is 45.9 cm³/mol. The molecule has 0 bridgehead atoms. The number of hydrogen-bond acceptors (Lipinski definition) is 3. The second-order valence-electron chi connectivity index (χ2n) is 3.64. The summed E-state index contributed by atoms with van der Waals surface area (Å²) in [6.45, 7) is 4.46. The van der Waals surface area contributed by atoms with Gasteiger partial charge in [-0.25, -0.2) is 0 Å². The molecule has 2 aliphatic heterocycles. The van der Waals surface area contributed by atoms with E-state index in [1.165, 1.54) is 0 Å². The molecule has 68 valence electrons. The van der Waals surface area contributed by atoms with E-state index in [1.54, 1.807) is 0 Å². The van der Waals surface area contributed by atoms with Gasteiger partial charge in [0.25, 0.3) is 0 Å². The van der Waals surface area contributed by atoms with E-state index in [0.29, 0.717) is 12.6 Å². The highest BCUT2D eigenvalue weighted by atomic mass is 16.2. The smallest absolute Gasteiger partial charge is 0.236 e. The Morgan fingerprint density at radius 3 is 2.83 bits per heavy atom. The van der Waals surface area contributed by atoms with E-state index in [4.69, 9.17) is 0 Å². The van der Waals surface area contributed by atoms with Crippen molar-refractivity contribution in [3.05, 3.63) is 0 Å². The molecule has 0 aliphatic carbocycles. The molecular formula is C8H15N3O. The van der Waals surface area contributed by atoms with Crippen molar-refractivity contribution in [2.24, 2.45) is 0 Å². The minimum absolute atomic E-state index is 0.263. The Bertz CT molecular complexity index is 189. The fraction of sp³-hybridized carbons (Fsp3) is 0.875. The molecule has 0 saturated carbocycles. The van der Waals surface area contributed by atoms with E-state index in [9.17, 15) is 4.79 Å². The van der Waals surface area contributed by atoms with Crippen LogP contribution >= 0.6 is 0 Å². The van der Waals surface area contributed by atoms with Gasteiger partial charge in [0.15, 0.2) is 0 Å². The van der Waals surface area contributed by atoms with E-state index in [1.807, 2.05) is 4.90 Å². The number of piperazine rings is 1. The summed E-state index contributed by atoms with van der Waals surface area (Å²) in [5.41, 5.74) is 0. The first kappa shape index (κ1) is 8.01. The lowest BCUT2D eigenvalue weighted by Crippen LogP contribution is -2.63. The minimum Gasteiger partial charge on any atom is -0.335 e. The molecule has 0 aromatic carbocycles. The summed E-state index contributed by atoms with van der Waals surface area (Å²) in [5, 5.41) is 3.07. The maximum absolute atomic E-state index is 11.4. The van der Waals surface area contributed by atoms with Gasteiger partial charge in [0.1, 0.15) is 0 Å². The molecule has 0 aromatic rings. The van der Waals surface area contributed by atoms with Crippen molar-refractivity contribution in [1.29, 1.82) is 0 Å². The highest BCUT2D eigenvalue weighted by Gasteiger charge is 2.32. The predicted octanol–water partition coefficient (Wildman–Crippen LogP) is -1.27. The molecule has 12 heavy (non-hydrogen) atoms. The largest absolute Gasteiger partial charge is 0.335 e. The highest BCUT2D eigenvalue weighted by molar-refractivity contribution is 5.79. The molecule has 4 nitrogen and oxygen atoms in total. The number of nitrogens with one attached hydrogen (secondary N) is 1. The van der Waals surface area contributed by atoms with Crippen molar-refractivity contribution in [2.45, 2.75) is 6.04 Å². The summed E-state index contributed by atoms with van der Waals surface area (Å²) < 4.78 is 0. The highest BCUT2D eigenvalue weighted by Crippen LogP contribution is 2.13. The molecule has 0 spiro atoms. The topological polar surface area (TPSA) is 35.6 Å². The van der Waals surface area contributed by atoms with Gasteiger partial charge in [0.05, 0.1) is 12.6 Å². The van der Waals surface area contributed by atoms with Crippen LogP contribution in [0.4, 0.5) is 0 Å². The zero-order valence-electron chi connectivity index (χ0n) is 7.42. The lowest BCUT2D eigenvalue weighted by Gasteiger charge is -2.45. The Balaban J connectivity index is 1.89. The van der Waals surface area contributed by atoms with Gasteiger partial charge in [-0.15, -0.1) is 0 Å². The minimum atomic E-state index is 0.263. The quantitative estimate of drug-likeness (QED) is 0.532. The lowest BCUT2D eigenvalue weighted by molar-refractivity contribution is -0.137. The fourth-order valence-corrected chi connectivity index (χ4v) is 1.87. The molecule has 1 N–H and O–H groups in total. The zero-order valence-corrected chi connectivity index (χ0v) is 7.42. The first-order valence-corrected chi connectivity index (χ1v) is 4.46. The molecule has 0 radical (unpaired) electrons. The third kappa shape index (κ3) is 1.32. The maximum Gasteiger partial charge on any atom is 0.236 e. The number of carbonyl (C=O) groups excluding carboxylic acids is 1. The molecular weight excluding hydrogens is 154 g/mol. The fourth-order valence-electron chi connectivity index (χ4n) is 1.87. The molecule has 1 amide bonds. The Morgan fingerprint density at radius 2 is 2.25 bits per heavy atom. The molecule has 4 heteroatoms. The van der Waals surface area contributed by atoms with Crippen molar-refractivity contribution in [3.8, 4) is 0 Å². The van der Waals surface area contributed by atoms with Crippen LogP contribution < -0.4 is 5.32 Å². The molecule has 2 heterocycles. The van der Waals surface area contributed by atoms with Crippen LogP contribution in [0.1, 0.15) is 0 Å². The molecule has 0 atom stereocenters. The Kier molecular flexibility index (Phi) is 2.02. The van der Waals surface area contributed by atoms with Crippen LogP contribution in [0.3, 0.4) is 0 Å². The summed E-state index contributed by atoms with van der Waals surface area (Å²) in [4.78, 5) is 15.6. The third-order valence-corrected chi connectivity index (χ3v) is 2.61. The first-order valence-electron chi connectivity index (χ1n) is 4.46. The summed E-state index contributed by atoms with van der Waals surface area (Å²) in [6.07, 6.45) is 0. The molecule has 2 rings (SSSR count). The summed E-state index contributed by atoms with van der Waals surface area (Å²) >= 11 is 0. The van der Waals surface area contributed by atoms with Crippen molar-refractivity contribution < 1.29 is 4.79 Å². The molecule has 2 saturated heterocycles. The lowest BCUT2D eigenvalue weighted by atomic mass is 10.1. The monoisotopic (exact) mass is 169 g/mol. The number of likely N-dealkylation sites (N-methyl/N-ethyl adjacent to an activating group) is 1. The standard InChI is InChI=1S/C8H15N3O/c1-10-5-7(6-10)11-3-2-9-4-8(11)12/h7,9H,2-6H2,1H3. The molecule has 2 aliphatic rings. The Labute approximate surface area is 72.5 Å². The van der Waals surface area contributed by atoms with E-state index < -0.39 is 0 Å². The van der Waals surface area contributed by atoms with Gasteiger partial charge in [0.2, 0.25) is 5.91 Å². The van der Waals surface area contributed by atoms with Crippen LogP contribution in [0.25, 0.3) is 0 Å². The van der Waals surface area contributed by atoms with Gasteiger partial charge in [-0.3, -0.25) is 4.79 Å². The van der Waals surface area contributed by atoms with Crippen LogP contribution in [0.2, 0.25) is 0 Å². The van der Waals surface area contributed by atoms with Crippen LogP contribution in [0.15, 0.2) is 0 Å². The van der Waals surface area contributed by atoms with Crippen molar-refractivity contribution >= 4 is 5.91 Å². The summed E-state index contributed by atoms with van der Waals surface area (Å²) in [5.74, 6) is 0.263. The number of carbonyl (C=O) groups is 1. The SMILES string of the molecule is CN1CC(N2CCNCC2=O)C1. The van der Waals surface area contributed by atoms with Crippen LogP contribution in [-0.2, 0) is 4.79 Å². The van der Waals surface area contributed by atoms with E-state index in [0.717, 1.165) is 26.2 Å². The summed E-state index contributed by atoms with van der Waals surface area (Å²) in [6, 6.07) is 0.490. The Hall–Kier alpha value is -0.610. The number of likely N-dealkylation sites (tertiary alicyclic amines) is 1. The number of amides is 1. The van der Waals surface area contributed by atoms with Gasteiger partial charge in [-0.05, 0) is 7.05 Å².